The van der Waals surface area contributed by atoms with Crippen LogP contribution in [-0.4, -0.2) is 28.9 Å². The van der Waals surface area contributed by atoms with Crippen LogP contribution in [0.2, 0.25) is 0 Å². The summed E-state index contributed by atoms with van der Waals surface area (Å²) >= 11 is 0. The minimum atomic E-state index is 0.283. The zero-order valence-electron chi connectivity index (χ0n) is 9.73. The first-order valence-corrected chi connectivity index (χ1v) is 6.10. The molecule has 0 saturated carbocycles. The van der Waals surface area contributed by atoms with Gasteiger partial charge in [0.05, 0.1) is 0 Å². The number of likely N-dealkylation sites (N-methyl/N-ethyl adjacent to an activating group) is 1. The van der Waals surface area contributed by atoms with Crippen molar-refractivity contribution in [2.45, 2.75) is 24.8 Å². The minimum absolute atomic E-state index is 0.283. The third-order valence-corrected chi connectivity index (χ3v) is 4.40. The first-order valence-electron chi connectivity index (χ1n) is 6.10. The molecule has 3 nitrogen and oxygen atoms in total. The van der Waals surface area contributed by atoms with Gasteiger partial charge in [0.1, 0.15) is 0 Å². The number of fused-ring (bicyclic) bond motifs is 2. The minimum Gasteiger partial charge on any atom is -0.361 e. The molecule has 1 amide bonds. The standard InChI is InChI=1S/C14H14N2O/c1-16-12-5-8-7-15-11-4-2-3-9(14(8)11)10(12)6-13(16)17/h2-4,7,10,12,15H,5-6H2,1H3/t10-,12-/m1/s1. The molecule has 0 unspecified atom stereocenters. The van der Waals surface area contributed by atoms with Crippen LogP contribution in [0, 0.1) is 0 Å². The number of hydrogen-bond acceptors (Lipinski definition) is 1. The summed E-state index contributed by atoms with van der Waals surface area (Å²) in [5.41, 5.74) is 3.92. The highest BCUT2D eigenvalue weighted by molar-refractivity contribution is 5.91. The number of aromatic amines is 1. The normalized spacial score (nSPS) is 26.6. The fourth-order valence-electron chi connectivity index (χ4n) is 3.50. The summed E-state index contributed by atoms with van der Waals surface area (Å²) in [7, 11) is 1.94. The van der Waals surface area contributed by atoms with Crippen LogP contribution >= 0.6 is 0 Å². The molecule has 1 fully saturated rings. The molecule has 0 spiro atoms. The Kier molecular flexibility index (Phi) is 1.59. The molecule has 86 valence electrons. The van der Waals surface area contributed by atoms with Crippen LogP contribution in [0.1, 0.15) is 23.5 Å². The number of likely N-dealkylation sites (tertiary alicyclic amines) is 1. The predicted molar refractivity (Wildman–Crippen MR) is 65.9 cm³/mol. The number of aromatic nitrogens is 1. The molecule has 2 heterocycles. The average molecular weight is 226 g/mol. The summed E-state index contributed by atoms with van der Waals surface area (Å²) in [5.74, 6) is 0.672. The Hall–Kier alpha value is -1.77. The van der Waals surface area contributed by atoms with Crippen molar-refractivity contribution in [2.24, 2.45) is 0 Å². The maximum absolute atomic E-state index is 11.9. The lowest BCUT2D eigenvalue weighted by Crippen LogP contribution is -2.34. The van der Waals surface area contributed by atoms with Crippen molar-refractivity contribution >= 4 is 16.8 Å². The second kappa shape index (κ2) is 2.92. The van der Waals surface area contributed by atoms with Crippen molar-refractivity contribution in [3.63, 3.8) is 0 Å². The molecule has 1 aliphatic carbocycles. The molecule has 0 radical (unpaired) electrons. The lowest BCUT2D eigenvalue weighted by Gasteiger charge is -2.29. The zero-order valence-corrected chi connectivity index (χ0v) is 9.73. The van der Waals surface area contributed by atoms with Crippen molar-refractivity contribution in [1.82, 2.24) is 9.88 Å². The van der Waals surface area contributed by atoms with E-state index in [9.17, 15) is 4.79 Å². The van der Waals surface area contributed by atoms with E-state index in [1.807, 2.05) is 11.9 Å². The molecule has 1 aliphatic heterocycles. The molecule has 1 aromatic carbocycles. The van der Waals surface area contributed by atoms with Crippen LogP contribution in [0.3, 0.4) is 0 Å². The monoisotopic (exact) mass is 226 g/mol. The molecule has 0 bridgehead atoms. The quantitative estimate of drug-likeness (QED) is 0.733. The van der Waals surface area contributed by atoms with Gasteiger partial charge in [0, 0.05) is 42.5 Å². The van der Waals surface area contributed by atoms with Gasteiger partial charge in [0.25, 0.3) is 0 Å². The van der Waals surface area contributed by atoms with Crippen molar-refractivity contribution in [1.29, 1.82) is 0 Å². The number of amides is 1. The van der Waals surface area contributed by atoms with E-state index >= 15 is 0 Å². The lowest BCUT2D eigenvalue weighted by molar-refractivity contribution is -0.127. The molecule has 2 aliphatic rings. The summed E-state index contributed by atoms with van der Waals surface area (Å²) in [6.07, 6.45) is 3.76. The predicted octanol–water partition coefficient (Wildman–Crippen LogP) is 2.04. The lowest BCUT2D eigenvalue weighted by atomic mass is 9.80. The smallest absolute Gasteiger partial charge is 0.223 e. The molecule has 1 N–H and O–H groups in total. The number of benzene rings is 1. The van der Waals surface area contributed by atoms with Crippen LogP contribution in [0.5, 0.6) is 0 Å². The summed E-state index contributed by atoms with van der Waals surface area (Å²) in [6, 6.07) is 6.74. The number of H-pyrrole nitrogens is 1. The zero-order chi connectivity index (χ0) is 11.6. The topological polar surface area (TPSA) is 36.1 Å². The highest BCUT2D eigenvalue weighted by atomic mass is 16.2. The van der Waals surface area contributed by atoms with Crippen LogP contribution in [0.15, 0.2) is 24.4 Å². The van der Waals surface area contributed by atoms with Gasteiger partial charge in [0.15, 0.2) is 0 Å². The van der Waals surface area contributed by atoms with Crippen LogP contribution in [-0.2, 0) is 11.2 Å². The molecule has 1 aromatic heterocycles. The van der Waals surface area contributed by atoms with E-state index in [0.717, 1.165) is 6.42 Å². The number of carbonyl (C=O) groups excluding carboxylic acids is 1. The highest BCUT2D eigenvalue weighted by Gasteiger charge is 2.42. The molecular formula is C14H14N2O. The largest absolute Gasteiger partial charge is 0.361 e. The Morgan fingerprint density at radius 1 is 1.35 bits per heavy atom. The molecule has 17 heavy (non-hydrogen) atoms. The van der Waals surface area contributed by atoms with Gasteiger partial charge in [-0.2, -0.15) is 0 Å². The van der Waals surface area contributed by atoms with Crippen molar-refractivity contribution in [3.05, 3.63) is 35.5 Å². The summed E-state index contributed by atoms with van der Waals surface area (Å²) in [4.78, 5) is 17.1. The molecule has 1 saturated heterocycles. The van der Waals surface area contributed by atoms with Gasteiger partial charge in [-0.1, -0.05) is 12.1 Å². The SMILES string of the molecule is CN1C(=O)C[C@@H]2c3cccc4[nH]cc(c34)C[C@H]21. The Morgan fingerprint density at radius 2 is 2.24 bits per heavy atom. The van der Waals surface area contributed by atoms with E-state index in [1.54, 1.807) is 0 Å². The van der Waals surface area contributed by atoms with Crippen molar-refractivity contribution < 1.29 is 4.79 Å². The van der Waals surface area contributed by atoms with Crippen LogP contribution < -0.4 is 0 Å². The number of nitrogens with one attached hydrogen (secondary N) is 1. The second-order valence-electron chi connectivity index (χ2n) is 5.17. The fraction of sp³-hybridized carbons (Fsp3) is 0.357. The Morgan fingerprint density at radius 3 is 3.12 bits per heavy atom. The average Bonchev–Trinajstić information content (AvgIpc) is 2.87. The summed E-state index contributed by atoms with van der Waals surface area (Å²) in [5, 5.41) is 1.36. The number of nitrogens with zero attached hydrogens (tertiary/aromatic N) is 1. The molecule has 3 heteroatoms. The van der Waals surface area contributed by atoms with E-state index in [4.69, 9.17) is 0 Å². The van der Waals surface area contributed by atoms with E-state index in [1.165, 1.54) is 22.0 Å². The van der Waals surface area contributed by atoms with Gasteiger partial charge in [-0.15, -0.1) is 0 Å². The summed E-state index contributed by atoms with van der Waals surface area (Å²) < 4.78 is 0. The maximum Gasteiger partial charge on any atom is 0.223 e. The number of rotatable bonds is 0. The Bertz CT molecular complexity index is 628. The molecule has 2 atom stereocenters. The first kappa shape index (κ1) is 9.28. The van der Waals surface area contributed by atoms with Gasteiger partial charge in [-0.3, -0.25) is 4.79 Å². The van der Waals surface area contributed by atoms with Crippen LogP contribution in [0.4, 0.5) is 0 Å². The Balaban J connectivity index is 1.99. The van der Waals surface area contributed by atoms with Gasteiger partial charge in [-0.05, 0) is 23.6 Å². The third kappa shape index (κ3) is 1.04. The number of carbonyl (C=O) groups is 1. The van der Waals surface area contributed by atoms with Gasteiger partial charge in [-0.25, -0.2) is 0 Å². The fourth-order valence-corrected chi connectivity index (χ4v) is 3.50. The van der Waals surface area contributed by atoms with E-state index in [2.05, 4.69) is 29.4 Å². The highest BCUT2D eigenvalue weighted by Crippen LogP contribution is 2.43. The van der Waals surface area contributed by atoms with E-state index in [0.29, 0.717) is 18.4 Å². The van der Waals surface area contributed by atoms with E-state index < -0.39 is 0 Å². The second-order valence-corrected chi connectivity index (χ2v) is 5.17. The molecular weight excluding hydrogens is 212 g/mol. The maximum atomic E-state index is 11.9. The van der Waals surface area contributed by atoms with Gasteiger partial charge < -0.3 is 9.88 Å². The first-order chi connectivity index (χ1) is 8.25. The summed E-state index contributed by atoms with van der Waals surface area (Å²) in [6.45, 7) is 0. The Labute approximate surface area is 99.4 Å². The van der Waals surface area contributed by atoms with Gasteiger partial charge >= 0.3 is 0 Å². The van der Waals surface area contributed by atoms with Crippen LogP contribution in [0.25, 0.3) is 10.9 Å². The van der Waals surface area contributed by atoms with Crippen molar-refractivity contribution in [3.8, 4) is 0 Å². The van der Waals surface area contributed by atoms with E-state index in [-0.39, 0.29) is 5.91 Å². The third-order valence-electron chi connectivity index (χ3n) is 4.40. The number of hydrogen-bond donors (Lipinski definition) is 1. The molecule has 4 rings (SSSR count). The molecule has 2 aromatic rings. The van der Waals surface area contributed by atoms with Crippen molar-refractivity contribution in [2.75, 3.05) is 7.05 Å². The van der Waals surface area contributed by atoms with Gasteiger partial charge in [0.2, 0.25) is 5.91 Å².